The van der Waals surface area contributed by atoms with E-state index in [9.17, 15) is 4.79 Å². The number of aromatic nitrogens is 1. The first-order chi connectivity index (χ1) is 10.1. The zero-order valence-corrected chi connectivity index (χ0v) is 12.2. The highest BCUT2D eigenvalue weighted by molar-refractivity contribution is 5.93. The van der Waals surface area contributed by atoms with Gasteiger partial charge >= 0.3 is 0 Å². The Morgan fingerprint density at radius 2 is 1.90 bits per heavy atom. The molecule has 2 N–H and O–H groups in total. The van der Waals surface area contributed by atoms with Crippen LogP contribution < -0.4 is 10.5 Å². The third-order valence-corrected chi connectivity index (χ3v) is 2.97. The smallest absolute Gasteiger partial charge is 0.254 e. The van der Waals surface area contributed by atoms with Gasteiger partial charge in [0.15, 0.2) is 0 Å². The average Bonchev–Trinajstić information content (AvgIpc) is 2.49. The summed E-state index contributed by atoms with van der Waals surface area (Å²) in [6.07, 6.45) is 2.36. The lowest BCUT2D eigenvalue weighted by Gasteiger charge is -2.10. The molecule has 2 aromatic rings. The number of nitrogens with two attached hydrogens (primary N) is 1. The molecule has 0 bridgehead atoms. The highest BCUT2D eigenvalue weighted by Crippen LogP contribution is 2.20. The Balaban J connectivity index is 2.04. The molecule has 0 fully saturated rings. The van der Waals surface area contributed by atoms with E-state index in [1.165, 1.54) is 16.7 Å². The Hall–Kier alpha value is -2.40. The molecule has 5 nitrogen and oxygen atoms in total. The molecule has 0 saturated heterocycles. The van der Waals surface area contributed by atoms with Gasteiger partial charge in [0.1, 0.15) is 5.75 Å². The van der Waals surface area contributed by atoms with Gasteiger partial charge in [-0.05, 0) is 36.7 Å². The minimum atomic E-state index is -0.0832. The minimum Gasteiger partial charge on any atom is -0.439 e. The summed E-state index contributed by atoms with van der Waals surface area (Å²) in [4.78, 5) is 17.4. The minimum absolute atomic E-state index is 0.0832. The second kappa shape index (κ2) is 6.85. The summed E-state index contributed by atoms with van der Waals surface area (Å²) in [5.74, 6) is 1.08. The topological polar surface area (TPSA) is 68.5 Å². The Labute approximate surface area is 124 Å². The monoisotopic (exact) mass is 285 g/mol. The van der Waals surface area contributed by atoms with E-state index >= 15 is 0 Å². The molecule has 2 rings (SSSR count). The van der Waals surface area contributed by atoms with E-state index in [0.717, 1.165) is 6.42 Å². The van der Waals surface area contributed by atoms with Gasteiger partial charge in [0.05, 0.1) is 5.56 Å². The molecule has 0 aliphatic rings. The Morgan fingerprint density at radius 1 is 1.19 bits per heavy atom. The van der Waals surface area contributed by atoms with Gasteiger partial charge in [0.2, 0.25) is 5.88 Å². The maximum atomic E-state index is 11.7. The average molecular weight is 285 g/mol. The second-order valence-corrected chi connectivity index (χ2v) is 4.87. The van der Waals surface area contributed by atoms with Gasteiger partial charge in [-0.15, -0.1) is 0 Å². The molecular formula is C16H19N3O2. The summed E-state index contributed by atoms with van der Waals surface area (Å²) >= 11 is 0. The summed E-state index contributed by atoms with van der Waals surface area (Å²) in [5.41, 5.74) is 7.21. The van der Waals surface area contributed by atoms with Gasteiger partial charge in [0.25, 0.3) is 5.91 Å². The molecule has 1 aromatic heterocycles. The van der Waals surface area contributed by atoms with Crippen LogP contribution in [0.2, 0.25) is 0 Å². The molecule has 0 saturated carbocycles. The molecule has 0 aliphatic heterocycles. The van der Waals surface area contributed by atoms with E-state index in [1.54, 1.807) is 26.2 Å². The van der Waals surface area contributed by atoms with Gasteiger partial charge in [-0.3, -0.25) is 4.79 Å². The summed E-state index contributed by atoms with van der Waals surface area (Å²) in [6.45, 7) is 0.628. The van der Waals surface area contributed by atoms with Crippen LogP contribution in [0, 0.1) is 0 Å². The first-order valence-corrected chi connectivity index (χ1v) is 6.74. The van der Waals surface area contributed by atoms with E-state index in [1.807, 2.05) is 24.3 Å². The summed E-state index contributed by atoms with van der Waals surface area (Å²) < 4.78 is 5.64. The van der Waals surface area contributed by atoms with Crippen molar-refractivity contribution in [3.8, 4) is 11.6 Å². The number of hydrogen-bond donors (Lipinski definition) is 1. The number of ether oxygens (including phenoxy) is 1. The number of carbonyl (C=O) groups is 1. The second-order valence-electron chi connectivity index (χ2n) is 4.87. The van der Waals surface area contributed by atoms with Crippen molar-refractivity contribution < 1.29 is 9.53 Å². The zero-order chi connectivity index (χ0) is 15.2. The fourth-order valence-corrected chi connectivity index (χ4v) is 1.84. The molecule has 0 atom stereocenters. The molecule has 1 amide bonds. The highest BCUT2D eigenvalue weighted by atomic mass is 16.5. The van der Waals surface area contributed by atoms with Crippen molar-refractivity contribution in [2.24, 2.45) is 5.73 Å². The number of amides is 1. The van der Waals surface area contributed by atoms with E-state index in [0.29, 0.717) is 23.7 Å². The lowest BCUT2D eigenvalue weighted by Crippen LogP contribution is -2.21. The van der Waals surface area contributed by atoms with Crippen molar-refractivity contribution in [3.63, 3.8) is 0 Å². The molecule has 5 heteroatoms. The van der Waals surface area contributed by atoms with Crippen LogP contribution in [0.3, 0.4) is 0 Å². The molecule has 0 radical (unpaired) electrons. The number of pyridine rings is 1. The van der Waals surface area contributed by atoms with Crippen LogP contribution >= 0.6 is 0 Å². The van der Waals surface area contributed by atoms with Crippen LogP contribution in [0.1, 0.15) is 15.9 Å². The van der Waals surface area contributed by atoms with Gasteiger partial charge in [-0.2, -0.15) is 0 Å². The fourth-order valence-electron chi connectivity index (χ4n) is 1.84. The van der Waals surface area contributed by atoms with E-state index in [4.69, 9.17) is 10.5 Å². The van der Waals surface area contributed by atoms with Crippen molar-refractivity contribution in [1.29, 1.82) is 0 Å². The normalized spacial score (nSPS) is 10.2. The molecule has 0 unspecified atom stereocenters. The Kier molecular flexibility index (Phi) is 4.90. The van der Waals surface area contributed by atoms with E-state index in [2.05, 4.69) is 4.98 Å². The third-order valence-electron chi connectivity index (χ3n) is 2.97. The summed E-state index contributed by atoms with van der Waals surface area (Å²) in [6, 6.07) is 11.1. The van der Waals surface area contributed by atoms with E-state index < -0.39 is 0 Å². The lowest BCUT2D eigenvalue weighted by molar-refractivity contribution is 0.0827. The molecule has 0 aliphatic carbocycles. The molecule has 1 aromatic carbocycles. The van der Waals surface area contributed by atoms with Crippen LogP contribution in [0.4, 0.5) is 0 Å². The van der Waals surface area contributed by atoms with Gasteiger partial charge < -0.3 is 15.4 Å². The van der Waals surface area contributed by atoms with Crippen LogP contribution in [0.25, 0.3) is 0 Å². The van der Waals surface area contributed by atoms with Gasteiger partial charge in [-0.25, -0.2) is 4.98 Å². The SMILES string of the molecule is CN(C)C(=O)c1ccc(Oc2ccc(CCN)cc2)nc1. The predicted octanol–water partition coefficient (Wildman–Crippen LogP) is 2.08. The third kappa shape index (κ3) is 4.03. The molecular weight excluding hydrogens is 266 g/mol. The number of hydrogen-bond acceptors (Lipinski definition) is 4. The highest BCUT2D eigenvalue weighted by Gasteiger charge is 2.08. The van der Waals surface area contributed by atoms with Gasteiger partial charge in [-0.1, -0.05) is 12.1 Å². The van der Waals surface area contributed by atoms with Crippen LogP contribution in [-0.2, 0) is 6.42 Å². The van der Waals surface area contributed by atoms with Gasteiger partial charge in [0, 0.05) is 26.4 Å². The van der Waals surface area contributed by atoms with Crippen molar-refractivity contribution >= 4 is 5.91 Å². The van der Waals surface area contributed by atoms with E-state index in [-0.39, 0.29) is 5.91 Å². The van der Waals surface area contributed by atoms with Crippen LogP contribution in [0.5, 0.6) is 11.6 Å². The molecule has 110 valence electrons. The Bertz CT molecular complexity index is 592. The number of rotatable bonds is 5. The summed E-state index contributed by atoms with van der Waals surface area (Å²) in [7, 11) is 3.41. The fraction of sp³-hybridized carbons (Fsp3) is 0.250. The van der Waals surface area contributed by atoms with Crippen molar-refractivity contribution in [3.05, 3.63) is 53.7 Å². The zero-order valence-electron chi connectivity index (χ0n) is 12.2. The Morgan fingerprint density at radius 3 is 2.43 bits per heavy atom. The number of benzene rings is 1. The maximum Gasteiger partial charge on any atom is 0.254 e. The maximum absolute atomic E-state index is 11.7. The van der Waals surface area contributed by atoms with Crippen LogP contribution in [0.15, 0.2) is 42.6 Å². The van der Waals surface area contributed by atoms with Crippen LogP contribution in [-0.4, -0.2) is 36.4 Å². The van der Waals surface area contributed by atoms with Crippen molar-refractivity contribution in [1.82, 2.24) is 9.88 Å². The van der Waals surface area contributed by atoms with Crippen molar-refractivity contribution in [2.75, 3.05) is 20.6 Å². The quantitative estimate of drug-likeness (QED) is 0.913. The first kappa shape index (κ1) is 15.0. The lowest BCUT2D eigenvalue weighted by atomic mass is 10.1. The predicted molar refractivity (Wildman–Crippen MR) is 81.5 cm³/mol. The standard InChI is InChI=1S/C16H19N3O2/c1-19(2)16(20)13-5-8-15(18-11-13)21-14-6-3-12(4-7-14)9-10-17/h3-8,11H,9-10,17H2,1-2H3. The molecule has 0 spiro atoms. The number of carbonyl (C=O) groups excluding carboxylic acids is 1. The number of nitrogens with zero attached hydrogens (tertiary/aromatic N) is 2. The molecule has 1 heterocycles. The largest absolute Gasteiger partial charge is 0.439 e. The summed E-state index contributed by atoms with van der Waals surface area (Å²) in [5, 5.41) is 0. The van der Waals surface area contributed by atoms with Crippen molar-refractivity contribution in [2.45, 2.75) is 6.42 Å². The molecule has 21 heavy (non-hydrogen) atoms. The first-order valence-electron chi connectivity index (χ1n) is 6.74.